The van der Waals surface area contributed by atoms with Gasteiger partial charge in [0.2, 0.25) is 0 Å². The highest BCUT2D eigenvalue weighted by molar-refractivity contribution is 5.67. The molecule has 0 aliphatic carbocycles. The first-order valence-corrected chi connectivity index (χ1v) is 9.45. The van der Waals surface area contributed by atoms with Gasteiger partial charge in [-0.3, -0.25) is 4.79 Å². The average molecular weight is 392 g/mol. The second-order valence-electron chi connectivity index (χ2n) is 6.47. The average Bonchev–Trinajstić information content (AvgIpc) is 2.76. The smallest absolute Gasteiger partial charge is 0.303 e. The van der Waals surface area contributed by atoms with Crippen molar-refractivity contribution in [1.82, 2.24) is 0 Å². The first-order chi connectivity index (χ1) is 14.2. The number of ether oxygens (including phenoxy) is 3. The van der Waals surface area contributed by atoms with Crippen molar-refractivity contribution in [3.8, 4) is 28.4 Å². The molecular formula is C24H24O5. The largest absolute Gasteiger partial charge is 0.493 e. The van der Waals surface area contributed by atoms with Crippen molar-refractivity contribution in [3.63, 3.8) is 0 Å². The SMILES string of the molecule is COc1ccc(CCC(=O)O)cc1OCCOc1ccc(-c2ccccc2)cc1. The molecule has 0 spiro atoms. The molecule has 3 aromatic carbocycles. The first kappa shape index (κ1) is 20.3. The number of hydrogen-bond donors (Lipinski definition) is 1. The number of aliphatic carboxylic acids is 1. The van der Waals surface area contributed by atoms with Gasteiger partial charge in [-0.25, -0.2) is 0 Å². The number of hydrogen-bond acceptors (Lipinski definition) is 4. The minimum Gasteiger partial charge on any atom is -0.493 e. The quantitative estimate of drug-likeness (QED) is 0.500. The zero-order valence-corrected chi connectivity index (χ0v) is 16.3. The lowest BCUT2D eigenvalue weighted by Gasteiger charge is -2.13. The Kier molecular flexibility index (Phi) is 7.11. The molecule has 0 aromatic heterocycles. The van der Waals surface area contributed by atoms with E-state index in [2.05, 4.69) is 12.1 Å². The van der Waals surface area contributed by atoms with Gasteiger partial charge >= 0.3 is 5.97 Å². The van der Waals surface area contributed by atoms with E-state index in [4.69, 9.17) is 19.3 Å². The van der Waals surface area contributed by atoms with Crippen LogP contribution in [0.25, 0.3) is 11.1 Å². The first-order valence-electron chi connectivity index (χ1n) is 9.45. The Morgan fingerprint density at radius 3 is 2.21 bits per heavy atom. The van der Waals surface area contributed by atoms with E-state index >= 15 is 0 Å². The zero-order chi connectivity index (χ0) is 20.5. The predicted molar refractivity (Wildman–Crippen MR) is 112 cm³/mol. The van der Waals surface area contributed by atoms with Crippen molar-refractivity contribution in [2.75, 3.05) is 20.3 Å². The van der Waals surface area contributed by atoms with Crippen molar-refractivity contribution in [3.05, 3.63) is 78.4 Å². The Hall–Kier alpha value is -3.47. The highest BCUT2D eigenvalue weighted by Crippen LogP contribution is 2.28. The minimum absolute atomic E-state index is 0.0772. The third-order valence-corrected chi connectivity index (χ3v) is 4.43. The summed E-state index contributed by atoms with van der Waals surface area (Å²) in [6.45, 7) is 0.729. The van der Waals surface area contributed by atoms with Gasteiger partial charge < -0.3 is 19.3 Å². The summed E-state index contributed by atoms with van der Waals surface area (Å²) in [6.07, 6.45) is 0.522. The number of carboxylic acids is 1. The van der Waals surface area contributed by atoms with Gasteiger partial charge in [0.1, 0.15) is 19.0 Å². The molecule has 0 bridgehead atoms. The van der Waals surface area contributed by atoms with Crippen LogP contribution in [0.4, 0.5) is 0 Å². The molecular weight excluding hydrogens is 368 g/mol. The maximum Gasteiger partial charge on any atom is 0.303 e. The van der Waals surface area contributed by atoms with Gasteiger partial charge in [0.15, 0.2) is 11.5 Å². The summed E-state index contributed by atoms with van der Waals surface area (Å²) in [5, 5.41) is 8.84. The third kappa shape index (κ3) is 6.01. The van der Waals surface area contributed by atoms with E-state index < -0.39 is 5.97 Å². The minimum atomic E-state index is -0.824. The third-order valence-electron chi connectivity index (χ3n) is 4.43. The number of aryl methyl sites for hydroxylation is 1. The molecule has 3 rings (SSSR count). The molecule has 5 nitrogen and oxygen atoms in total. The van der Waals surface area contributed by atoms with Crippen LogP contribution in [0.1, 0.15) is 12.0 Å². The second-order valence-corrected chi connectivity index (χ2v) is 6.47. The monoisotopic (exact) mass is 392 g/mol. The number of methoxy groups -OCH3 is 1. The van der Waals surface area contributed by atoms with Gasteiger partial charge in [-0.1, -0.05) is 48.5 Å². The summed E-state index contributed by atoms with van der Waals surface area (Å²) in [5.41, 5.74) is 3.19. The molecule has 1 N–H and O–H groups in total. The van der Waals surface area contributed by atoms with Crippen molar-refractivity contribution in [1.29, 1.82) is 0 Å². The summed E-state index contributed by atoms with van der Waals surface area (Å²) in [4.78, 5) is 10.8. The molecule has 0 amide bonds. The van der Waals surface area contributed by atoms with Crippen LogP contribution in [0.2, 0.25) is 0 Å². The fraction of sp³-hybridized carbons (Fsp3) is 0.208. The maximum atomic E-state index is 10.8. The molecule has 150 valence electrons. The van der Waals surface area contributed by atoms with E-state index in [1.54, 1.807) is 13.2 Å². The van der Waals surface area contributed by atoms with Crippen LogP contribution in [-0.2, 0) is 11.2 Å². The molecule has 29 heavy (non-hydrogen) atoms. The van der Waals surface area contributed by atoms with Gasteiger partial charge in [-0.2, -0.15) is 0 Å². The van der Waals surface area contributed by atoms with Gasteiger partial charge in [-0.15, -0.1) is 0 Å². The van der Waals surface area contributed by atoms with E-state index in [9.17, 15) is 4.79 Å². The lowest BCUT2D eigenvalue weighted by Crippen LogP contribution is -2.10. The van der Waals surface area contributed by atoms with E-state index in [-0.39, 0.29) is 6.42 Å². The Bertz CT molecular complexity index is 920. The highest BCUT2D eigenvalue weighted by atomic mass is 16.5. The summed E-state index contributed by atoms with van der Waals surface area (Å²) < 4.78 is 16.9. The Morgan fingerprint density at radius 2 is 1.52 bits per heavy atom. The fourth-order valence-electron chi connectivity index (χ4n) is 2.93. The van der Waals surface area contributed by atoms with Crippen LogP contribution < -0.4 is 14.2 Å². The van der Waals surface area contributed by atoms with Crippen LogP contribution >= 0.6 is 0 Å². The molecule has 0 atom stereocenters. The maximum absolute atomic E-state index is 10.8. The van der Waals surface area contributed by atoms with Crippen LogP contribution in [0.5, 0.6) is 17.2 Å². The fourth-order valence-corrected chi connectivity index (χ4v) is 2.93. The van der Waals surface area contributed by atoms with Gasteiger partial charge in [0.05, 0.1) is 7.11 Å². The summed E-state index contributed by atoms with van der Waals surface area (Å²) in [6, 6.07) is 23.6. The molecule has 0 aliphatic rings. The Balaban J connectivity index is 1.52. The summed E-state index contributed by atoms with van der Waals surface area (Å²) in [7, 11) is 1.57. The van der Waals surface area contributed by atoms with Crippen molar-refractivity contribution in [2.45, 2.75) is 12.8 Å². The molecule has 0 unspecified atom stereocenters. The number of carboxylic acid groups (broad SMARTS) is 1. The highest BCUT2D eigenvalue weighted by Gasteiger charge is 2.08. The molecule has 3 aromatic rings. The van der Waals surface area contributed by atoms with Crippen molar-refractivity contribution >= 4 is 5.97 Å². The summed E-state index contributed by atoms with van der Waals surface area (Å²) >= 11 is 0. The molecule has 0 radical (unpaired) electrons. The summed E-state index contributed by atoms with van der Waals surface area (Å²) in [5.74, 6) is 1.14. The zero-order valence-electron chi connectivity index (χ0n) is 16.3. The number of benzene rings is 3. The van der Waals surface area contributed by atoms with Gasteiger partial charge in [0, 0.05) is 6.42 Å². The standard InChI is InChI=1S/C24H24O5/c1-27-22-13-7-18(8-14-24(25)26)17-23(22)29-16-15-28-21-11-9-20(10-12-21)19-5-3-2-4-6-19/h2-7,9-13,17H,8,14-16H2,1H3,(H,25,26). The second kappa shape index (κ2) is 10.2. The topological polar surface area (TPSA) is 65.0 Å². The molecule has 0 saturated heterocycles. The normalized spacial score (nSPS) is 10.4. The molecule has 0 heterocycles. The van der Waals surface area contributed by atoms with E-state index in [1.165, 1.54) is 0 Å². The lowest BCUT2D eigenvalue weighted by molar-refractivity contribution is -0.136. The van der Waals surface area contributed by atoms with Crippen molar-refractivity contribution in [2.24, 2.45) is 0 Å². The van der Waals surface area contributed by atoms with E-state index in [0.29, 0.717) is 31.1 Å². The molecule has 5 heteroatoms. The lowest BCUT2D eigenvalue weighted by atomic mass is 10.1. The molecule has 0 aliphatic heterocycles. The van der Waals surface area contributed by atoms with Gasteiger partial charge in [0.25, 0.3) is 0 Å². The van der Waals surface area contributed by atoms with Crippen LogP contribution in [0, 0.1) is 0 Å². The van der Waals surface area contributed by atoms with Crippen LogP contribution in [0.3, 0.4) is 0 Å². The number of rotatable bonds is 10. The van der Waals surface area contributed by atoms with E-state index in [0.717, 1.165) is 22.4 Å². The van der Waals surface area contributed by atoms with E-state index in [1.807, 2.05) is 54.6 Å². The Labute approximate surface area is 170 Å². The van der Waals surface area contributed by atoms with Crippen molar-refractivity contribution < 1.29 is 24.1 Å². The predicted octanol–water partition coefficient (Wildman–Crippen LogP) is 4.84. The molecule has 0 fully saturated rings. The Morgan fingerprint density at radius 1 is 0.828 bits per heavy atom. The van der Waals surface area contributed by atoms with Crippen LogP contribution in [0.15, 0.2) is 72.8 Å². The number of carbonyl (C=O) groups is 1. The van der Waals surface area contributed by atoms with Gasteiger partial charge in [-0.05, 0) is 47.4 Å². The molecule has 0 saturated carbocycles. The van der Waals surface area contributed by atoms with Crippen LogP contribution in [-0.4, -0.2) is 31.4 Å².